The van der Waals surface area contributed by atoms with Gasteiger partial charge in [-0.2, -0.15) is 16.7 Å². The first-order valence-electron chi connectivity index (χ1n) is 6.48. The molecule has 0 aliphatic heterocycles. The molecule has 0 saturated carbocycles. The van der Waals surface area contributed by atoms with Gasteiger partial charge in [-0.15, -0.1) is 0 Å². The first kappa shape index (κ1) is 15.4. The zero-order valence-corrected chi connectivity index (χ0v) is 12.9. The number of thioether (sulfide) groups is 1. The number of anilines is 1. The third kappa shape index (κ3) is 4.53. The Morgan fingerprint density at radius 1 is 1.50 bits per heavy atom. The van der Waals surface area contributed by atoms with Gasteiger partial charge in [0.2, 0.25) is 0 Å². The Morgan fingerprint density at radius 3 is 2.78 bits per heavy atom. The van der Waals surface area contributed by atoms with Gasteiger partial charge in [0.15, 0.2) is 0 Å². The second kappa shape index (κ2) is 7.69. The van der Waals surface area contributed by atoms with E-state index in [-0.39, 0.29) is 0 Å². The highest BCUT2D eigenvalue weighted by molar-refractivity contribution is 7.98. The Morgan fingerprint density at radius 2 is 2.22 bits per heavy atom. The van der Waals surface area contributed by atoms with E-state index in [0.29, 0.717) is 12.1 Å². The van der Waals surface area contributed by atoms with Crippen molar-refractivity contribution in [3.05, 3.63) is 12.0 Å². The number of rotatable bonds is 8. The van der Waals surface area contributed by atoms with E-state index in [0.717, 1.165) is 30.4 Å². The standard InChI is InChI=1S/C13H25N3OS/c1-6-12(9-18-5)16(4)13-15-11(8-17-13)7-14-10(2)3/h8,10,12,14H,6-7,9H2,1-5H3. The predicted molar refractivity (Wildman–Crippen MR) is 79.3 cm³/mol. The largest absolute Gasteiger partial charge is 0.432 e. The van der Waals surface area contributed by atoms with Crippen molar-refractivity contribution < 1.29 is 4.42 Å². The highest BCUT2D eigenvalue weighted by Crippen LogP contribution is 2.18. The van der Waals surface area contributed by atoms with Gasteiger partial charge in [-0.3, -0.25) is 0 Å². The van der Waals surface area contributed by atoms with Crippen LogP contribution in [0.25, 0.3) is 0 Å². The smallest absolute Gasteiger partial charge is 0.297 e. The number of hydrogen-bond acceptors (Lipinski definition) is 5. The fourth-order valence-electron chi connectivity index (χ4n) is 1.70. The second-order valence-corrected chi connectivity index (χ2v) is 5.70. The van der Waals surface area contributed by atoms with E-state index >= 15 is 0 Å². The summed E-state index contributed by atoms with van der Waals surface area (Å²) in [4.78, 5) is 6.66. The third-order valence-corrected chi connectivity index (χ3v) is 3.63. The van der Waals surface area contributed by atoms with Gasteiger partial charge in [-0.1, -0.05) is 20.8 Å². The second-order valence-electron chi connectivity index (χ2n) is 4.79. The molecule has 0 aliphatic carbocycles. The fourth-order valence-corrected chi connectivity index (χ4v) is 2.54. The van der Waals surface area contributed by atoms with Crippen molar-refractivity contribution in [2.75, 3.05) is 24.0 Å². The zero-order chi connectivity index (χ0) is 13.5. The van der Waals surface area contributed by atoms with Crippen molar-refractivity contribution in [1.82, 2.24) is 10.3 Å². The lowest BCUT2D eigenvalue weighted by Crippen LogP contribution is -2.33. The zero-order valence-electron chi connectivity index (χ0n) is 12.1. The fraction of sp³-hybridized carbons (Fsp3) is 0.769. The molecule has 0 aromatic carbocycles. The normalized spacial score (nSPS) is 13.0. The van der Waals surface area contributed by atoms with Gasteiger partial charge in [-0.05, 0) is 12.7 Å². The SMILES string of the molecule is CCC(CSC)N(C)c1nc(CNC(C)C)co1. The molecule has 0 amide bonds. The van der Waals surface area contributed by atoms with Crippen LogP contribution >= 0.6 is 11.8 Å². The summed E-state index contributed by atoms with van der Waals surface area (Å²) in [5.74, 6) is 1.09. The van der Waals surface area contributed by atoms with Crippen LogP contribution in [0.5, 0.6) is 0 Å². The molecule has 1 aromatic heterocycles. The molecule has 0 fully saturated rings. The molecule has 1 N–H and O–H groups in total. The number of hydrogen-bond donors (Lipinski definition) is 1. The van der Waals surface area contributed by atoms with Crippen molar-refractivity contribution in [3.63, 3.8) is 0 Å². The Balaban J connectivity index is 2.60. The number of nitrogens with one attached hydrogen (secondary N) is 1. The van der Waals surface area contributed by atoms with E-state index in [9.17, 15) is 0 Å². The number of aromatic nitrogens is 1. The topological polar surface area (TPSA) is 41.3 Å². The van der Waals surface area contributed by atoms with E-state index in [2.05, 4.69) is 49.3 Å². The Hall–Kier alpha value is -0.680. The monoisotopic (exact) mass is 271 g/mol. The van der Waals surface area contributed by atoms with Crippen LogP contribution < -0.4 is 10.2 Å². The summed E-state index contributed by atoms with van der Waals surface area (Å²) in [5, 5.41) is 3.34. The molecule has 0 aliphatic rings. The summed E-state index contributed by atoms with van der Waals surface area (Å²) in [6.07, 6.45) is 4.97. The van der Waals surface area contributed by atoms with Gasteiger partial charge in [0.05, 0.1) is 5.69 Å². The molecule has 1 rings (SSSR count). The first-order chi connectivity index (χ1) is 8.58. The first-order valence-corrected chi connectivity index (χ1v) is 7.87. The summed E-state index contributed by atoms with van der Waals surface area (Å²) >= 11 is 1.85. The molecular formula is C13H25N3OS. The average molecular weight is 271 g/mol. The third-order valence-electron chi connectivity index (χ3n) is 2.91. The minimum absolute atomic E-state index is 0.461. The van der Waals surface area contributed by atoms with E-state index in [1.54, 1.807) is 6.26 Å². The molecule has 0 radical (unpaired) electrons. The molecule has 1 atom stereocenters. The lowest BCUT2D eigenvalue weighted by molar-refractivity contribution is 0.516. The van der Waals surface area contributed by atoms with Gasteiger partial charge in [0, 0.05) is 31.4 Å². The van der Waals surface area contributed by atoms with Crippen molar-refractivity contribution in [1.29, 1.82) is 0 Å². The van der Waals surface area contributed by atoms with Crippen LogP contribution in [0.4, 0.5) is 6.01 Å². The lowest BCUT2D eigenvalue weighted by atomic mass is 10.2. The van der Waals surface area contributed by atoms with Crippen LogP contribution in [0.15, 0.2) is 10.7 Å². The molecule has 1 aromatic rings. The van der Waals surface area contributed by atoms with Crippen LogP contribution in [-0.2, 0) is 6.54 Å². The van der Waals surface area contributed by atoms with Crippen molar-refractivity contribution in [2.24, 2.45) is 0 Å². The Kier molecular flexibility index (Phi) is 6.57. The lowest BCUT2D eigenvalue weighted by Gasteiger charge is -2.24. The molecule has 0 saturated heterocycles. The van der Waals surface area contributed by atoms with E-state index in [1.165, 1.54) is 0 Å². The van der Waals surface area contributed by atoms with Crippen LogP contribution in [0.3, 0.4) is 0 Å². The Labute approximate surface area is 115 Å². The maximum absolute atomic E-state index is 5.55. The average Bonchev–Trinajstić information content (AvgIpc) is 2.81. The van der Waals surface area contributed by atoms with Crippen LogP contribution in [0.2, 0.25) is 0 Å². The van der Waals surface area contributed by atoms with Gasteiger partial charge >= 0.3 is 0 Å². The van der Waals surface area contributed by atoms with E-state index in [4.69, 9.17) is 4.42 Å². The maximum atomic E-state index is 5.55. The molecule has 0 spiro atoms. The Bertz CT molecular complexity index is 341. The quantitative estimate of drug-likeness (QED) is 0.787. The van der Waals surface area contributed by atoms with Crippen molar-refractivity contribution in [3.8, 4) is 0 Å². The van der Waals surface area contributed by atoms with Crippen LogP contribution in [-0.4, -0.2) is 36.1 Å². The van der Waals surface area contributed by atoms with Crippen LogP contribution in [0, 0.1) is 0 Å². The molecule has 0 bridgehead atoms. The molecule has 1 heterocycles. The van der Waals surface area contributed by atoms with Crippen LogP contribution in [0.1, 0.15) is 32.9 Å². The minimum atomic E-state index is 0.461. The molecule has 1 unspecified atom stereocenters. The summed E-state index contributed by atoms with van der Waals surface area (Å²) in [5.41, 5.74) is 0.963. The molecule has 4 nitrogen and oxygen atoms in total. The highest BCUT2D eigenvalue weighted by atomic mass is 32.2. The highest BCUT2D eigenvalue weighted by Gasteiger charge is 2.17. The summed E-state index contributed by atoms with van der Waals surface area (Å²) < 4.78 is 5.55. The maximum Gasteiger partial charge on any atom is 0.297 e. The molecule has 18 heavy (non-hydrogen) atoms. The van der Waals surface area contributed by atoms with Gasteiger partial charge < -0.3 is 14.6 Å². The van der Waals surface area contributed by atoms with Gasteiger partial charge in [0.25, 0.3) is 6.01 Å². The van der Waals surface area contributed by atoms with Gasteiger partial charge in [0.1, 0.15) is 6.26 Å². The summed E-state index contributed by atoms with van der Waals surface area (Å²) in [7, 11) is 2.05. The summed E-state index contributed by atoms with van der Waals surface area (Å²) in [6, 6.07) is 1.66. The molecule has 5 heteroatoms. The predicted octanol–water partition coefficient (Wildman–Crippen LogP) is 2.75. The van der Waals surface area contributed by atoms with Crippen molar-refractivity contribution in [2.45, 2.75) is 45.8 Å². The van der Waals surface area contributed by atoms with Gasteiger partial charge in [-0.25, -0.2) is 0 Å². The van der Waals surface area contributed by atoms with Crippen molar-refractivity contribution >= 4 is 17.8 Å². The van der Waals surface area contributed by atoms with E-state index in [1.807, 2.05) is 11.8 Å². The summed E-state index contributed by atoms with van der Waals surface area (Å²) in [6.45, 7) is 7.20. The number of oxazole rings is 1. The number of nitrogens with zero attached hydrogens (tertiary/aromatic N) is 2. The minimum Gasteiger partial charge on any atom is -0.432 e. The van der Waals surface area contributed by atoms with E-state index < -0.39 is 0 Å². The molecule has 104 valence electrons. The molecular weight excluding hydrogens is 246 g/mol.